The number of para-hydroxylation sites is 1. The molecular weight excluding hydrogens is 617 g/mol. The smallest absolute Gasteiger partial charge is 0.455 e. The van der Waals surface area contributed by atoms with E-state index in [-0.39, 0.29) is 10.8 Å². The van der Waals surface area contributed by atoms with E-state index >= 15 is 0 Å². The van der Waals surface area contributed by atoms with E-state index in [9.17, 15) is 21.6 Å². The molecule has 0 bridgehead atoms. The van der Waals surface area contributed by atoms with Gasteiger partial charge in [-0.25, -0.2) is 22.9 Å². The molecule has 0 fully saturated rings. The number of alkyl halides is 3. The highest BCUT2D eigenvalue weighted by Gasteiger charge is 2.37. The molecule has 222 valence electrons. The van der Waals surface area contributed by atoms with Gasteiger partial charge in [0.05, 0.1) is 27.8 Å². The highest BCUT2D eigenvalue weighted by atomic mass is 32.2. The molecule has 0 aliphatic heterocycles. The van der Waals surface area contributed by atoms with Gasteiger partial charge in [0, 0.05) is 33.7 Å². The Morgan fingerprint density at radius 3 is 2.48 bits per heavy atom. The monoisotopic (exact) mass is 636 g/mol. The minimum Gasteiger partial charge on any atom is -0.461 e. The normalized spacial score (nSPS) is 13.2. The Hall–Kier alpha value is -4.89. The fraction of sp³-hybridized carbons (Fsp3) is 0.138. The maximum absolute atomic E-state index is 13.2. The molecule has 0 radical (unpaired) electrons. The third-order valence-corrected chi connectivity index (χ3v) is 8.89. The van der Waals surface area contributed by atoms with Gasteiger partial charge in [-0.2, -0.15) is 18.2 Å². The fourth-order valence-electron chi connectivity index (χ4n) is 4.80. The van der Waals surface area contributed by atoms with E-state index in [0.717, 1.165) is 17.2 Å². The molecule has 0 spiro atoms. The fourth-order valence-corrected chi connectivity index (χ4v) is 6.24. The van der Waals surface area contributed by atoms with Gasteiger partial charge >= 0.3 is 6.18 Å². The summed E-state index contributed by atoms with van der Waals surface area (Å²) in [5.74, 6) is -1.64. The summed E-state index contributed by atoms with van der Waals surface area (Å²) in [6.45, 7) is 1.82. The van der Waals surface area contributed by atoms with Crippen LogP contribution in [-0.4, -0.2) is 44.4 Å². The van der Waals surface area contributed by atoms with Crippen molar-refractivity contribution in [2.45, 2.75) is 24.1 Å². The summed E-state index contributed by atoms with van der Waals surface area (Å²) in [7, 11) is -3.31. The number of sulfone groups is 1. The van der Waals surface area contributed by atoms with Gasteiger partial charge in [0.2, 0.25) is 4.96 Å². The standard InChI is InChI=1S/C29H19F3N6O4S2/c1-15(41-28-36-38-14-23(34-27(38)43-28)16-7-9-18(10-8-16)44(2,39)40)19-11-12-20(25-35-26(37-42-25)29(30,31)32)21-13-17-5-3-4-6-22(17)33-24(19)21/h3-15H,1-2H3/t15-/m1/s1. The number of aromatic nitrogens is 6. The van der Waals surface area contributed by atoms with Gasteiger partial charge in [-0.3, -0.25) is 0 Å². The zero-order chi connectivity index (χ0) is 30.8. The molecule has 15 heteroatoms. The van der Waals surface area contributed by atoms with Crippen LogP contribution < -0.4 is 4.74 Å². The molecule has 0 N–H and O–H groups in total. The molecule has 0 amide bonds. The first-order valence-corrected chi connectivity index (χ1v) is 15.7. The van der Waals surface area contributed by atoms with Crippen molar-refractivity contribution in [3.63, 3.8) is 0 Å². The topological polar surface area (TPSA) is 125 Å². The van der Waals surface area contributed by atoms with Gasteiger partial charge in [0.25, 0.3) is 16.9 Å². The van der Waals surface area contributed by atoms with E-state index in [0.29, 0.717) is 43.4 Å². The summed E-state index contributed by atoms with van der Waals surface area (Å²) >= 11 is 1.22. The Kier molecular flexibility index (Phi) is 6.40. The van der Waals surface area contributed by atoms with Crippen LogP contribution in [0.3, 0.4) is 0 Å². The van der Waals surface area contributed by atoms with E-state index in [4.69, 9.17) is 14.2 Å². The molecule has 0 saturated carbocycles. The third kappa shape index (κ3) is 5.03. The van der Waals surface area contributed by atoms with Crippen molar-refractivity contribution >= 4 is 47.9 Å². The molecule has 0 saturated heterocycles. The van der Waals surface area contributed by atoms with Gasteiger partial charge in [-0.1, -0.05) is 41.6 Å². The zero-order valence-corrected chi connectivity index (χ0v) is 24.4. The van der Waals surface area contributed by atoms with Crippen molar-refractivity contribution in [1.29, 1.82) is 0 Å². The van der Waals surface area contributed by atoms with Crippen molar-refractivity contribution in [1.82, 2.24) is 29.7 Å². The molecule has 0 aliphatic carbocycles. The Morgan fingerprint density at radius 2 is 1.77 bits per heavy atom. The van der Waals surface area contributed by atoms with Crippen molar-refractivity contribution in [2.75, 3.05) is 6.26 Å². The minimum absolute atomic E-state index is 0.219. The first kappa shape index (κ1) is 27.9. The number of fused-ring (bicyclic) bond motifs is 3. The SMILES string of the molecule is C[C@@H](Oc1nn2cc(-c3ccc(S(C)(=O)=O)cc3)nc2s1)c1ccc(-c2nc(C(F)(F)F)no2)c2cc3ccccc3nc12. The molecule has 7 aromatic rings. The van der Waals surface area contributed by atoms with Crippen molar-refractivity contribution < 1.29 is 30.8 Å². The second-order valence-electron chi connectivity index (χ2n) is 9.98. The number of imidazole rings is 1. The van der Waals surface area contributed by atoms with Gasteiger partial charge in [-0.05, 0) is 48.6 Å². The average molecular weight is 637 g/mol. The number of benzene rings is 3. The first-order valence-electron chi connectivity index (χ1n) is 13.0. The van der Waals surface area contributed by atoms with E-state index < -0.39 is 27.9 Å². The Bertz CT molecular complexity index is 2280. The molecule has 4 heterocycles. The number of nitrogens with zero attached hydrogens (tertiary/aromatic N) is 6. The van der Waals surface area contributed by atoms with Crippen LogP contribution in [-0.2, 0) is 16.0 Å². The summed E-state index contributed by atoms with van der Waals surface area (Å²) in [5.41, 5.74) is 3.53. The Labute approximate surface area is 250 Å². The van der Waals surface area contributed by atoms with Gasteiger partial charge in [-0.15, -0.1) is 5.10 Å². The summed E-state index contributed by atoms with van der Waals surface area (Å²) in [5, 5.41) is 9.24. The molecule has 1 atom stereocenters. The maximum Gasteiger partial charge on any atom is 0.455 e. The first-order chi connectivity index (χ1) is 20.9. The number of pyridine rings is 1. The number of ether oxygens (including phenoxy) is 1. The van der Waals surface area contributed by atoms with E-state index in [1.54, 1.807) is 35.0 Å². The highest BCUT2D eigenvalue weighted by Crippen LogP contribution is 2.37. The van der Waals surface area contributed by atoms with Gasteiger partial charge < -0.3 is 9.26 Å². The summed E-state index contributed by atoms with van der Waals surface area (Å²) in [6.07, 6.45) is -2.44. The molecular formula is C29H19F3N6O4S2. The largest absolute Gasteiger partial charge is 0.461 e. The molecule has 0 aliphatic rings. The van der Waals surface area contributed by atoms with Gasteiger partial charge in [0.15, 0.2) is 9.84 Å². The minimum atomic E-state index is -4.75. The van der Waals surface area contributed by atoms with E-state index in [2.05, 4.69) is 20.2 Å². The predicted molar refractivity (Wildman–Crippen MR) is 156 cm³/mol. The average Bonchev–Trinajstić information content (AvgIpc) is 3.71. The van der Waals surface area contributed by atoms with Crippen LogP contribution in [0.25, 0.3) is 49.5 Å². The lowest BCUT2D eigenvalue weighted by Crippen LogP contribution is -2.07. The van der Waals surface area contributed by atoms with E-state index in [1.165, 1.54) is 23.5 Å². The summed E-state index contributed by atoms with van der Waals surface area (Å²) < 4.78 is 75.9. The number of hydrogen-bond acceptors (Lipinski definition) is 10. The Morgan fingerprint density at radius 1 is 1.00 bits per heavy atom. The lowest BCUT2D eigenvalue weighted by atomic mass is 9.99. The summed E-state index contributed by atoms with van der Waals surface area (Å²) in [6, 6.07) is 19.0. The third-order valence-electron chi connectivity index (χ3n) is 6.95. The van der Waals surface area contributed by atoms with Crippen LogP contribution in [0, 0.1) is 0 Å². The lowest BCUT2D eigenvalue weighted by molar-refractivity contribution is -0.146. The molecule has 4 aromatic heterocycles. The Balaban J connectivity index is 1.22. The van der Waals surface area contributed by atoms with Crippen LogP contribution in [0.2, 0.25) is 0 Å². The molecule has 7 rings (SSSR count). The van der Waals surface area contributed by atoms with Crippen LogP contribution in [0.4, 0.5) is 13.2 Å². The van der Waals surface area contributed by atoms with Crippen LogP contribution in [0.1, 0.15) is 24.4 Å². The number of hydrogen-bond donors (Lipinski definition) is 0. The maximum atomic E-state index is 13.2. The second kappa shape index (κ2) is 10.1. The molecule has 10 nitrogen and oxygen atoms in total. The highest BCUT2D eigenvalue weighted by molar-refractivity contribution is 7.90. The van der Waals surface area contributed by atoms with Gasteiger partial charge in [0.1, 0.15) is 6.10 Å². The van der Waals surface area contributed by atoms with Crippen molar-refractivity contribution in [3.8, 4) is 27.9 Å². The van der Waals surface area contributed by atoms with Crippen molar-refractivity contribution in [3.05, 3.63) is 84.3 Å². The number of rotatable bonds is 6. The lowest BCUT2D eigenvalue weighted by Gasteiger charge is -2.16. The second-order valence-corrected chi connectivity index (χ2v) is 12.9. The zero-order valence-electron chi connectivity index (χ0n) is 22.8. The van der Waals surface area contributed by atoms with Crippen molar-refractivity contribution in [2.24, 2.45) is 0 Å². The molecule has 3 aromatic carbocycles. The van der Waals surface area contributed by atoms with Crippen LogP contribution >= 0.6 is 11.3 Å². The molecule has 0 unspecified atom stereocenters. The van der Waals surface area contributed by atoms with E-state index in [1.807, 2.05) is 37.3 Å². The predicted octanol–water partition coefficient (Wildman–Crippen LogP) is 6.77. The number of halogens is 3. The quantitative estimate of drug-likeness (QED) is 0.182. The summed E-state index contributed by atoms with van der Waals surface area (Å²) in [4.78, 5) is 13.8. The van der Waals surface area contributed by atoms with Crippen LogP contribution in [0.5, 0.6) is 5.19 Å². The van der Waals surface area contributed by atoms with Crippen LogP contribution in [0.15, 0.2) is 82.3 Å². The molecule has 44 heavy (non-hydrogen) atoms.